The van der Waals surface area contributed by atoms with Crippen LogP contribution in [0.5, 0.6) is 0 Å². The highest BCUT2D eigenvalue weighted by Gasteiger charge is 2.71. The zero-order valence-electron chi connectivity index (χ0n) is 22.7. The molecule has 2 aliphatic heterocycles. The first kappa shape index (κ1) is 25.1. The quantitative estimate of drug-likeness (QED) is 0.372. The Kier molecular flexibility index (Phi) is 5.52. The highest BCUT2D eigenvalue weighted by Crippen LogP contribution is 2.75. The fourth-order valence-corrected chi connectivity index (χ4v) is 10.4. The molecular weight excluding hydrogens is 444 g/mol. The van der Waals surface area contributed by atoms with Crippen LogP contribution >= 0.6 is 0 Å². The first-order valence-electron chi connectivity index (χ1n) is 13.8. The van der Waals surface area contributed by atoms with Crippen LogP contribution in [0.25, 0.3) is 0 Å². The van der Waals surface area contributed by atoms with Gasteiger partial charge < -0.3 is 14.2 Å². The predicted molar refractivity (Wildman–Crippen MR) is 130 cm³/mol. The molecule has 9 atom stereocenters. The molecule has 3 aliphatic carbocycles. The van der Waals surface area contributed by atoms with Crippen molar-refractivity contribution in [2.24, 2.45) is 39.9 Å². The van der Waals surface area contributed by atoms with Crippen LogP contribution in [0.1, 0.15) is 106 Å². The van der Waals surface area contributed by atoms with Crippen molar-refractivity contribution in [1.82, 2.24) is 0 Å². The summed E-state index contributed by atoms with van der Waals surface area (Å²) < 4.78 is 17.9. The van der Waals surface area contributed by atoms with Gasteiger partial charge >= 0.3 is 17.9 Å². The zero-order valence-corrected chi connectivity index (χ0v) is 22.7. The number of carbonyl (C=O) groups is 3. The molecule has 5 rings (SSSR count). The van der Waals surface area contributed by atoms with Crippen LogP contribution in [-0.4, -0.2) is 35.2 Å². The van der Waals surface area contributed by atoms with Crippen LogP contribution < -0.4 is 0 Å². The standard InChI is InChI=1S/C29H44O6/c1-17(30)33-22-16-24(32)34-25(2,3)20-11-14-27(5)21(29(20,22)7)9-8-18-19(10-13-26(18,27)4)28(6)15-12-23(31)35-28/h18-22H,8-16H2,1-7H3. The van der Waals surface area contributed by atoms with Gasteiger partial charge in [-0.2, -0.15) is 0 Å². The van der Waals surface area contributed by atoms with Crippen molar-refractivity contribution in [1.29, 1.82) is 0 Å². The number of carbonyl (C=O) groups excluding carboxylic acids is 3. The summed E-state index contributed by atoms with van der Waals surface area (Å²) in [5, 5.41) is 0. The first-order valence-corrected chi connectivity index (χ1v) is 13.8. The number of hydrogen-bond donors (Lipinski definition) is 0. The van der Waals surface area contributed by atoms with Crippen molar-refractivity contribution in [3.05, 3.63) is 0 Å². The van der Waals surface area contributed by atoms with Gasteiger partial charge in [0.25, 0.3) is 0 Å². The van der Waals surface area contributed by atoms with Gasteiger partial charge in [-0.15, -0.1) is 0 Å². The van der Waals surface area contributed by atoms with Crippen molar-refractivity contribution in [2.45, 2.75) is 124 Å². The van der Waals surface area contributed by atoms with E-state index in [4.69, 9.17) is 14.2 Å². The van der Waals surface area contributed by atoms with Crippen molar-refractivity contribution < 1.29 is 28.6 Å². The third kappa shape index (κ3) is 3.36. The van der Waals surface area contributed by atoms with Crippen molar-refractivity contribution in [3.8, 4) is 0 Å². The molecule has 35 heavy (non-hydrogen) atoms. The summed E-state index contributed by atoms with van der Waals surface area (Å²) in [6.45, 7) is 14.9. The van der Waals surface area contributed by atoms with E-state index in [-0.39, 0.29) is 52.1 Å². The molecule has 2 heterocycles. The van der Waals surface area contributed by atoms with E-state index in [9.17, 15) is 14.4 Å². The van der Waals surface area contributed by atoms with Crippen LogP contribution in [0.2, 0.25) is 0 Å². The Hall–Kier alpha value is -1.59. The third-order valence-corrected chi connectivity index (χ3v) is 12.1. The molecule has 6 nitrogen and oxygen atoms in total. The number of cyclic esters (lactones) is 2. The predicted octanol–water partition coefficient (Wildman–Crippen LogP) is 5.60. The van der Waals surface area contributed by atoms with Crippen molar-refractivity contribution in [3.63, 3.8) is 0 Å². The SMILES string of the molecule is CC(=O)OC1CC(=O)OC(C)(C)C2CCC3(C)C(CCC4C(C5(C)CCC(=O)O5)CCC43C)C12C. The summed E-state index contributed by atoms with van der Waals surface area (Å²) in [5.41, 5.74) is -1.17. The molecule has 0 radical (unpaired) electrons. The fraction of sp³-hybridized carbons (Fsp3) is 0.897. The van der Waals surface area contributed by atoms with Gasteiger partial charge in [-0.1, -0.05) is 20.8 Å². The molecular formula is C29H44O6. The van der Waals surface area contributed by atoms with Crippen LogP contribution in [0.15, 0.2) is 0 Å². The maximum absolute atomic E-state index is 12.9. The minimum absolute atomic E-state index is 0.0384. The van der Waals surface area contributed by atoms with E-state index < -0.39 is 11.7 Å². The highest BCUT2D eigenvalue weighted by atomic mass is 16.6. The zero-order chi connectivity index (χ0) is 25.6. The molecule has 5 aliphatic rings. The summed E-state index contributed by atoms with van der Waals surface area (Å²) in [4.78, 5) is 37.2. The molecule has 0 N–H and O–H groups in total. The van der Waals surface area contributed by atoms with E-state index in [1.54, 1.807) is 0 Å². The summed E-state index contributed by atoms with van der Waals surface area (Å²) in [7, 11) is 0. The Balaban J connectivity index is 1.56. The monoisotopic (exact) mass is 488 g/mol. The minimum Gasteiger partial charge on any atom is -0.461 e. The fourth-order valence-electron chi connectivity index (χ4n) is 10.4. The highest BCUT2D eigenvalue weighted by molar-refractivity contribution is 5.73. The second-order valence-corrected chi connectivity index (χ2v) is 13.8. The Bertz CT molecular complexity index is 941. The van der Waals surface area contributed by atoms with E-state index >= 15 is 0 Å². The van der Waals surface area contributed by atoms with Crippen LogP contribution in [0, 0.1) is 39.9 Å². The summed E-state index contributed by atoms with van der Waals surface area (Å²) >= 11 is 0. The average Bonchev–Trinajstić information content (AvgIpc) is 3.25. The lowest BCUT2D eigenvalue weighted by Crippen LogP contribution is -2.65. The van der Waals surface area contributed by atoms with Gasteiger partial charge in [0, 0.05) is 30.6 Å². The Labute approximate surface area is 210 Å². The lowest BCUT2D eigenvalue weighted by molar-refractivity contribution is -0.231. The second-order valence-electron chi connectivity index (χ2n) is 13.8. The minimum atomic E-state index is -0.608. The van der Waals surface area contributed by atoms with E-state index in [0.29, 0.717) is 24.2 Å². The number of hydrogen-bond acceptors (Lipinski definition) is 6. The number of esters is 3. The van der Waals surface area contributed by atoms with Gasteiger partial charge in [0.1, 0.15) is 17.3 Å². The Morgan fingerprint density at radius 1 is 0.800 bits per heavy atom. The van der Waals surface area contributed by atoms with Crippen molar-refractivity contribution >= 4 is 17.9 Å². The van der Waals surface area contributed by atoms with Gasteiger partial charge in [0.2, 0.25) is 0 Å². The molecule has 0 amide bonds. The summed E-state index contributed by atoms with van der Waals surface area (Å²) in [6.07, 6.45) is 7.35. The van der Waals surface area contributed by atoms with Crippen LogP contribution in [0.3, 0.4) is 0 Å². The van der Waals surface area contributed by atoms with E-state index in [2.05, 4.69) is 27.7 Å². The molecule has 0 aromatic heterocycles. The molecule has 0 spiro atoms. The maximum atomic E-state index is 12.9. The van der Waals surface area contributed by atoms with E-state index in [0.717, 1.165) is 44.9 Å². The lowest BCUT2D eigenvalue weighted by atomic mass is 9.37. The largest absolute Gasteiger partial charge is 0.461 e. The van der Waals surface area contributed by atoms with Gasteiger partial charge in [0.05, 0.1) is 6.42 Å². The average molecular weight is 489 g/mol. The number of ether oxygens (including phenoxy) is 3. The topological polar surface area (TPSA) is 78.9 Å². The first-order chi connectivity index (χ1) is 16.2. The second kappa shape index (κ2) is 7.71. The van der Waals surface area contributed by atoms with E-state index in [1.165, 1.54) is 6.92 Å². The molecule has 3 saturated carbocycles. The summed E-state index contributed by atoms with van der Waals surface area (Å²) in [6, 6.07) is 0. The van der Waals surface area contributed by atoms with Gasteiger partial charge in [0.15, 0.2) is 0 Å². The van der Waals surface area contributed by atoms with Gasteiger partial charge in [-0.25, -0.2) is 0 Å². The molecule has 196 valence electrons. The molecule has 0 aromatic carbocycles. The Morgan fingerprint density at radius 2 is 1.49 bits per heavy atom. The summed E-state index contributed by atoms with van der Waals surface area (Å²) in [5.74, 6) is 0.677. The molecule has 6 heteroatoms. The number of fused-ring (bicyclic) bond motifs is 5. The normalized spacial score (nSPS) is 50.8. The lowest BCUT2D eigenvalue weighted by Gasteiger charge is -2.68. The van der Waals surface area contributed by atoms with E-state index in [1.807, 2.05) is 13.8 Å². The smallest absolute Gasteiger partial charge is 0.310 e. The van der Waals surface area contributed by atoms with Crippen LogP contribution in [-0.2, 0) is 28.6 Å². The molecule has 5 fully saturated rings. The molecule has 0 bridgehead atoms. The Morgan fingerprint density at radius 3 is 2.11 bits per heavy atom. The molecule has 9 unspecified atom stereocenters. The molecule has 0 aromatic rings. The van der Waals surface area contributed by atoms with Crippen molar-refractivity contribution in [2.75, 3.05) is 0 Å². The molecule has 2 saturated heterocycles. The number of rotatable bonds is 2. The maximum Gasteiger partial charge on any atom is 0.310 e. The van der Waals surface area contributed by atoms with Gasteiger partial charge in [-0.05, 0) is 88.4 Å². The van der Waals surface area contributed by atoms with Crippen LogP contribution in [0.4, 0.5) is 0 Å². The third-order valence-electron chi connectivity index (χ3n) is 12.1. The van der Waals surface area contributed by atoms with Gasteiger partial charge in [-0.3, -0.25) is 14.4 Å².